The number of fused-ring (bicyclic) bond motifs is 1. The second-order valence-corrected chi connectivity index (χ2v) is 8.17. The van der Waals surface area contributed by atoms with E-state index in [1.165, 1.54) is 10.9 Å². The molecule has 0 bridgehead atoms. The molecule has 33 heavy (non-hydrogen) atoms. The van der Waals surface area contributed by atoms with Crippen molar-refractivity contribution in [3.8, 4) is 17.2 Å². The number of aromatic nitrogens is 2. The molecule has 0 aliphatic carbocycles. The predicted molar refractivity (Wildman–Crippen MR) is 132 cm³/mol. The molecule has 4 heteroatoms. The van der Waals surface area contributed by atoms with Crippen LogP contribution in [0.25, 0.3) is 21.9 Å². The van der Waals surface area contributed by atoms with Crippen molar-refractivity contribution in [2.75, 3.05) is 0 Å². The SMILES string of the molecule is Cn1cncc1C(NCc1ccc(C#N)c(-c2cccc3ccccc23)c1)c1ccccc1. The maximum atomic E-state index is 9.79. The van der Waals surface area contributed by atoms with Crippen LogP contribution in [0.3, 0.4) is 0 Å². The molecule has 0 saturated carbocycles. The number of benzene rings is 4. The third-order valence-electron chi connectivity index (χ3n) is 6.08. The fourth-order valence-electron chi connectivity index (χ4n) is 4.39. The molecule has 0 radical (unpaired) electrons. The third-order valence-corrected chi connectivity index (χ3v) is 6.08. The lowest BCUT2D eigenvalue weighted by atomic mass is 9.93. The van der Waals surface area contributed by atoms with Crippen LogP contribution in [0.15, 0.2) is 104 Å². The smallest absolute Gasteiger partial charge is 0.0998 e. The highest BCUT2D eigenvalue weighted by Gasteiger charge is 2.17. The van der Waals surface area contributed by atoms with E-state index in [0.29, 0.717) is 12.1 Å². The number of nitriles is 1. The van der Waals surface area contributed by atoms with E-state index in [0.717, 1.165) is 27.8 Å². The van der Waals surface area contributed by atoms with Gasteiger partial charge in [0.2, 0.25) is 0 Å². The van der Waals surface area contributed by atoms with Crippen molar-refractivity contribution < 1.29 is 0 Å². The molecule has 1 N–H and O–H groups in total. The minimum Gasteiger partial charge on any atom is -0.336 e. The number of aryl methyl sites for hydroxylation is 1. The molecular formula is C29H24N4. The number of nitrogens with one attached hydrogen (secondary N) is 1. The van der Waals surface area contributed by atoms with Crippen molar-refractivity contribution in [3.63, 3.8) is 0 Å². The Morgan fingerprint density at radius 2 is 1.70 bits per heavy atom. The highest BCUT2D eigenvalue weighted by atomic mass is 15.1. The van der Waals surface area contributed by atoms with Gasteiger partial charge in [0.25, 0.3) is 0 Å². The van der Waals surface area contributed by atoms with E-state index in [2.05, 4.69) is 77.0 Å². The molecule has 0 fully saturated rings. The van der Waals surface area contributed by atoms with Gasteiger partial charge < -0.3 is 9.88 Å². The molecule has 0 spiro atoms. The van der Waals surface area contributed by atoms with Gasteiger partial charge in [0, 0.05) is 19.2 Å². The summed E-state index contributed by atoms with van der Waals surface area (Å²) in [5.74, 6) is 0. The summed E-state index contributed by atoms with van der Waals surface area (Å²) in [5, 5.41) is 15.8. The van der Waals surface area contributed by atoms with Gasteiger partial charge in [-0.05, 0) is 39.6 Å². The summed E-state index contributed by atoms with van der Waals surface area (Å²) >= 11 is 0. The highest BCUT2D eigenvalue weighted by Crippen LogP contribution is 2.32. The van der Waals surface area contributed by atoms with Gasteiger partial charge in [-0.1, -0.05) is 78.9 Å². The first-order valence-electron chi connectivity index (χ1n) is 11.0. The molecule has 1 aromatic heterocycles. The van der Waals surface area contributed by atoms with Gasteiger partial charge in [0.15, 0.2) is 0 Å². The molecule has 1 atom stereocenters. The molecule has 5 rings (SSSR count). The number of nitrogens with zero attached hydrogens (tertiary/aromatic N) is 3. The zero-order valence-corrected chi connectivity index (χ0v) is 18.4. The first kappa shape index (κ1) is 20.7. The Kier molecular flexibility index (Phi) is 5.72. The van der Waals surface area contributed by atoms with Crippen LogP contribution in [0.4, 0.5) is 0 Å². The van der Waals surface area contributed by atoms with E-state index < -0.39 is 0 Å². The van der Waals surface area contributed by atoms with Crippen molar-refractivity contribution in [2.24, 2.45) is 7.05 Å². The molecular weight excluding hydrogens is 404 g/mol. The van der Waals surface area contributed by atoms with Gasteiger partial charge in [-0.25, -0.2) is 4.98 Å². The van der Waals surface area contributed by atoms with Crippen LogP contribution in [0.1, 0.15) is 28.4 Å². The summed E-state index contributed by atoms with van der Waals surface area (Å²) in [4.78, 5) is 4.32. The zero-order valence-electron chi connectivity index (χ0n) is 18.4. The largest absolute Gasteiger partial charge is 0.336 e. The average Bonchev–Trinajstić information content (AvgIpc) is 3.30. The fourth-order valence-corrected chi connectivity index (χ4v) is 4.39. The maximum Gasteiger partial charge on any atom is 0.0998 e. The molecule has 1 heterocycles. The summed E-state index contributed by atoms with van der Waals surface area (Å²) in [6, 6.07) is 33.4. The van der Waals surface area contributed by atoms with E-state index in [1.54, 1.807) is 0 Å². The quantitative estimate of drug-likeness (QED) is 0.361. The summed E-state index contributed by atoms with van der Waals surface area (Å²) in [6.45, 7) is 0.661. The second kappa shape index (κ2) is 9.12. The molecule has 160 valence electrons. The number of hydrogen-bond acceptors (Lipinski definition) is 3. The lowest BCUT2D eigenvalue weighted by Crippen LogP contribution is -2.24. The topological polar surface area (TPSA) is 53.6 Å². The van der Waals surface area contributed by atoms with Crippen LogP contribution in [-0.2, 0) is 13.6 Å². The molecule has 0 aliphatic rings. The van der Waals surface area contributed by atoms with E-state index >= 15 is 0 Å². The Morgan fingerprint density at radius 1 is 0.909 bits per heavy atom. The van der Waals surface area contributed by atoms with Crippen LogP contribution in [0, 0.1) is 11.3 Å². The Bertz CT molecular complexity index is 1440. The molecule has 5 aromatic rings. The van der Waals surface area contributed by atoms with Crippen LogP contribution >= 0.6 is 0 Å². The Morgan fingerprint density at radius 3 is 2.48 bits per heavy atom. The number of imidazole rings is 1. The van der Waals surface area contributed by atoms with Crippen LogP contribution in [-0.4, -0.2) is 9.55 Å². The van der Waals surface area contributed by atoms with E-state index in [1.807, 2.05) is 54.5 Å². The normalized spacial score (nSPS) is 11.9. The number of rotatable bonds is 6. The lowest BCUT2D eigenvalue weighted by molar-refractivity contribution is 0.573. The molecule has 0 aliphatic heterocycles. The van der Waals surface area contributed by atoms with Crippen molar-refractivity contribution in [3.05, 3.63) is 126 Å². The molecule has 4 aromatic carbocycles. The monoisotopic (exact) mass is 428 g/mol. The molecule has 1 unspecified atom stereocenters. The summed E-state index contributed by atoms with van der Waals surface area (Å²) in [6.07, 6.45) is 3.73. The summed E-state index contributed by atoms with van der Waals surface area (Å²) in [5.41, 5.74) is 6.14. The lowest BCUT2D eigenvalue weighted by Gasteiger charge is -2.20. The van der Waals surface area contributed by atoms with Crippen LogP contribution < -0.4 is 5.32 Å². The predicted octanol–water partition coefficient (Wildman–Crippen LogP) is 5.99. The van der Waals surface area contributed by atoms with Gasteiger partial charge in [-0.15, -0.1) is 0 Å². The molecule has 4 nitrogen and oxygen atoms in total. The van der Waals surface area contributed by atoms with Gasteiger partial charge in [-0.2, -0.15) is 5.26 Å². The van der Waals surface area contributed by atoms with Crippen molar-refractivity contribution in [2.45, 2.75) is 12.6 Å². The van der Waals surface area contributed by atoms with Gasteiger partial charge in [-0.3, -0.25) is 0 Å². The average molecular weight is 429 g/mol. The maximum absolute atomic E-state index is 9.79. The summed E-state index contributed by atoms with van der Waals surface area (Å²) < 4.78 is 2.05. The number of hydrogen-bond donors (Lipinski definition) is 1. The zero-order chi connectivity index (χ0) is 22.6. The highest BCUT2D eigenvalue weighted by molar-refractivity contribution is 5.97. The molecule has 0 saturated heterocycles. The van der Waals surface area contributed by atoms with E-state index in [-0.39, 0.29) is 6.04 Å². The van der Waals surface area contributed by atoms with E-state index in [9.17, 15) is 5.26 Å². The van der Waals surface area contributed by atoms with Gasteiger partial charge in [0.05, 0.1) is 35.9 Å². The Hall–Kier alpha value is -4.20. The first-order chi connectivity index (χ1) is 16.2. The fraction of sp³-hybridized carbons (Fsp3) is 0.103. The minimum atomic E-state index is 0.00958. The van der Waals surface area contributed by atoms with Crippen molar-refractivity contribution in [1.29, 1.82) is 5.26 Å². The standard InChI is InChI=1S/C29H24N4/c1-33-20-31-19-28(33)29(23-9-3-2-4-10-23)32-18-21-14-15-24(17-30)27(16-21)26-13-7-11-22-8-5-6-12-25(22)26/h2-16,19-20,29,32H,18H2,1H3. The Balaban J connectivity index is 1.50. The van der Waals surface area contributed by atoms with Gasteiger partial charge >= 0.3 is 0 Å². The van der Waals surface area contributed by atoms with Crippen molar-refractivity contribution in [1.82, 2.24) is 14.9 Å². The van der Waals surface area contributed by atoms with Gasteiger partial charge in [0.1, 0.15) is 0 Å². The third kappa shape index (κ3) is 4.15. The second-order valence-electron chi connectivity index (χ2n) is 8.17. The van der Waals surface area contributed by atoms with Crippen molar-refractivity contribution >= 4 is 10.8 Å². The first-order valence-corrected chi connectivity index (χ1v) is 11.0. The summed E-state index contributed by atoms with van der Waals surface area (Å²) in [7, 11) is 2.01. The van der Waals surface area contributed by atoms with Crippen LogP contribution in [0.2, 0.25) is 0 Å². The van der Waals surface area contributed by atoms with E-state index in [4.69, 9.17) is 0 Å². The van der Waals surface area contributed by atoms with Crippen LogP contribution in [0.5, 0.6) is 0 Å². The Labute approximate surface area is 193 Å². The molecule has 0 amide bonds. The minimum absolute atomic E-state index is 0.00958.